The highest BCUT2D eigenvalue weighted by Crippen LogP contribution is 2.31. The van der Waals surface area contributed by atoms with Gasteiger partial charge in [-0.05, 0) is 24.7 Å². The van der Waals surface area contributed by atoms with Crippen molar-refractivity contribution in [3.8, 4) is 0 Å². The van der Waals surface area contributed by atoms with Crippen molar-refractivity contribution in [3.63, 3.8) is 0 Å². The molecule has 0 fully saturated rings. The molecule has 1 unspecified atom stereocenters. The molecule has 0 bridgehead atoms. The number of nitrogens with one attached hydrogen (secondary N) is 1. The van der Waals surface area contributed by atoms with E-state index < -0.39 is 11.7 Å². The number of nitrogens with zero attached hydrogens (tertiary/aromatic N) is 3. The van der Waals surface area contributed by atoms with Crippen molar-refractivity contribution in [2.75, 3.05) is 12.8 Å². The summed E-state index contributed by atoms with van der Waals surface area (Å²) >= 11 is 1.44. The van der Waals surface area contributed by atoms with E-state index in [-0.39, 0.29) is 6.04 Å². The number of hydrogen-bond acceptors (Lipinski definition) is 4. The van der Waals surface area contributed by atoms with Crippen LogP contribution in [0.1, 0.15) is 17.2 Å². The number of benzene rings is 1. The first-order valence-electron chi connectivity index (χ1n) is 6.23. The van der Waals surface area contributed by atoms with E-state index in [1.807, 2.05) is 7.05 Å². The molecule has 0 saturated carbocycles. The van der Waals surface area contributed by atoms with Gasteiger partial charge in [0.15, 0.2) is 5.16 Å². The van der Waals surface area contributed by atoms with Crippen molar-refractivity contribution in [2.24, 2.45) is 7.05 Å². The highest BCUT2D eigenvalue weighted by atomic mass is 32.2. The minimum Gasteiger partial charge on any atom is -0.312 e. The normalized spacial score (nSPS) is 13.4. The molecule has 0 aliphatic heterocycles. The van der Waals surface area contributed by atoms with Crippen LogP contribution in [0.2, 0.25) is 0 Å². The molecule has 0 aliphatic carbocycles. The Morgan fingerprint density at radius 1 is 1.38 bits per heavy atom. The van der Waals surface area contributed by atoms with Crippen molar-refractivity contribution in [2.45, 2.75) is 17.4 Å². The second kappa shape index (κ2) is 6.48. The number of rotatable bonds is 5. The molecule has 114 valence electrons. The maximum Gasteiger partial charge on any atom is 0.416 e. The first kappa shape index (κ1) is 15.8. The summed E-state index contributed by atoms with van der Waals surface area (Å²) in [6.07, 6.45) is -2.74. The maximum absolute atomic E-state index is 12.8. The standard InChI is InChI=1S/C13H15F3N4S/c1-17-11(7-21-12-19-18-8-20(12)2)9-4-3-5-10(6-9)13(14,15)16/h3-6,8,11,17H,7H2,1-2H3. The van der Waals surface area contributed by atoms with E-state index in [0.717, 1.165) is 11.2 Å². The lowest BCUT2D eigenvalue weighted by molar-refractivity contribution is -0.137. The highest BCUT2D eigenvalue weighted by Gasteiger charge is 2.30. The van der Waals surface area contributed by atoms with Gasteiger partial charge in [0.05, 0.1) is 5.56 Å². The Bertz CT molecular complexity index is 597. The molecule has 8 heteroatoms. The van der Waals surface area contributed by atoms with Gasteiger partial charge in [0.2, 0.25) is 0 Å². The summed E-state index contributed by atoms with van der Waals surface area (Å²) in [6.45, 7) is 0. The van der Waals surface area contributed by atoms with Gasteiger partial charge in [0.25, 0.3) is 0 Å². The molecule has 2 rings (SSSR count). The average molecular weight is 316 g/mol. The predicted octanol–water partition coefficient (Wildman–Crippen LogP) is 2.89. The molecule has 0 radical (unpaired) electrons. The number of aromatic nitrogens is 3. The number of aryl methyl sites for hydroxylation is 1. The van der Waals surface area contributed by atoms with Gasteiger partial charge in [-0.2, -0.15) is 13.2 Å². The Hall–Kier alpha value is -1.54. The van der Waals surface area contributed by atoms with Crippen LogP contribution in [0.4, 0.5) is 13.2 Å². The van der Waals surface area contributed by atoms with E-state index in [2.05, 4.69) is 15.5 Å². The van der Waals surface area contributed by atoms with Crippen LogP contribution in [0.25, 0.3) is 0 Å². The highest BCUT2D eigenvalue weighted by molar-refractivity contribution is 7.99. The summed E-state index contributed by atoms with van der Waals surface area (Å²) < 4.78 is 40.0. The third-order valence-electron chi connectivity index (χ3n) is 3.01. The number of hydrogen-bond donors (Lipinski definition) is 1. The minimum absolute atomic E-state index is 0.200. The summed E-state index contributed by atoms with van der Waals surface area (Å²) in [4.78, 5) is 0. The number of thioether (sulfide) groups is 1. The zero-order chi connectivity index (χ0) is 15.5. The molecule has 1 aromatic carbocycles. The van der Waals surface area contributed by atoms with E-state index in [4.69, 9.17) is 0 Å². The lowest BCUT2D eigenvalue weighted by atomic mass is 10.1. The monoisotopic (exact) mass is 316 g/mol. The molecule has 2 aromatic rings. The van der Waals surface area contributed by atoms with Gasteiger partial charge in [-0.1, -0.05) is 23.9 Å². The summed E-state index contributed by atoms with van der Waals surface area (Å²) in [5.41, 5.74) is -0.0362. The SMILES string of the molecule is CNC(CSc1nncn1C)c1cccc(C(F)(F)F)c1. The van der Waals surface area contributed by atoms with Crippen LogP contribution in [0.5, 0.6) is 0 Å². The fraction of sp³-hybridized carbons (Fsp3) is 0.385. The van der Waals surface area contributed by atoms with Crippen LogP contribution in [0, 0.1) is 0 Å². The Kier molecular flexibility index (Phi) is 4.89. The quantitative estimate of drug-likeness (QED) is 0.862. The molecule has 1 atom stereocenters. The van der Waals surface area contributed by atoms with Gasteiger partial charge < -0.3 is 9.88 Å². The van der Waals surface area contributed by atoms with Gasteiger partial charge in [0, 0.05) is 18.8 Å². The van der Waals surface area contributed by atoms with E-state index in [1.54, 1.807) is 24.0 Å². The Balaban J connectivity index is 2.12. The molecular weight excluding hydrogens is 301 g/mol. The third-order valence-corrected chi connectivity index (χ3v) is 4.14. The van der Waals surface area contributed by atoms with Crippen LogP contribution in [0.3, 0.4) is 0 Å². The topological polar surface area (TPSA) is 42.7 Å². The largest absolute Gasteiger partial charge is 0.416 e. The zero-order valence-corrected chi connectivity index (χ0v) is 12.4. The molecule has 21 heavy (non-hydrogen) atoms. The summed E-state index contributed by atoms with van der Waals surface area (Å²) in [6, 6.07) is 5.17. The average Bonchev–Trinajstić information content (AvgIpc) is 2.84. The van der Waals surface area contributed by atoms with Crippen LogP contribution >= 0.6 is 11.8 Å². The lowest BCUT2D eigenvalue weighted by Crippen LogP contribution is -2.19. The van der Waals surface area contributed by atoms with E-state index in [9.17, 15) is 13.2 Å². The summed E-state index contributed by atoms with van der Waals surface area (Å²) in [7, 11) is 3.54. The minimum atomic E-state index is -4.33. The summed E-state index contributed by atoms with van der Waals surface area (Å²) in [5.74, 6) is 0.560. The number of alkyl halides is 3. The van der Waals surface area contributed by atoms with E-state index >= 15 is 0 Å². The van der Waals surface area contributed by atoms with Crippen LogP contribution < -0.4 is 5.32 Å². The Labute approximate surface area is 124 Å². The first-order chi connectivity index (χ1) is 9.91. The summed E-state index contributed by atoms with van der Waals surface area (Å²) in [5, 5.41) is 11.5. The van der Waals surface area contributed by atoms with Gasteiger partial charge in [-0.25, -0.2) is 0 Å². The Morgan fingerprint density at radius 3 is 2.71 bits per heavy atom. The lowest BCUT2D eigenvalue weighted by Gasteiger charge is -2.17. The smallest absolute Gasteiger partial charge is 0.312 e. The van der Waals surface area contributed by atoms with Crippen molar-refractivity contribution in [1.82, 2.24) is 20.1 Å². The fourth-order valence-corrected chi connectivity index (χ4v) is 2.87. The molecule has 1 N–H and O–H groups in total. The first-order valence-corrected chi connectivity index (χ1v) is 7.21. The second-order valence-corrected chi connectivity index (χ2v) is 5.49. The van der Waals surface area contributed by atoms with Crippen LogP contribution in [-0.2, 0) is 13.2 Å². The molecular formula is C13H15F3N4S. The second-order valence-electron chi connectivity index (χ2n) is 4.50. The zero-order valence-electron chi connectivity index (χ0n) is 11.6. The molecule has 0 aliphatic rings. The van der Waals surface area contributed by atoms with Crippen molar-refractivity contribution in [3.05, 3.63) is 41.7 Å². The molecule has 0 saturated heterocycles. The Morgan fingerprint density at radius 2 is 2.14 bits per heavy atom. The van der Waals surface area contributed by atoms with Crippen molar-refractivity contribution in [1.29, 1.82) is 0 Å². The molecule has 0 spiro atoms. The molecule has 1 aromatic heterocycles. The van der Waals surface area contributed by atoms with Crippen molar-refractivity contribution < 1.29 is 13.2 Å². The van der Waals surface area contributed by atoms with Crippen LogP contribution in [-0.4, -0.2) is 27.6 Å². The van der Waals surface area contributed by atoms with Gasteiger partial charge in [-0.3, -0.25) is 0 Å². The van der Waals surface area contributed by atoms with E-state index in [0.29, 0.717) is 11.3 Å². The molecule has 4 nitrogen and oxygen atoms in total. The van der Waals surface area contributed by atoms with Gasteiger partial charge >= 0.3 is 6.18 Å². The molecule has 1 heterocycles. The predicted molar refractivity (Wildman–Crippen MR) is 75.0 cm³/mol. The third kappa shape index (κ3) is 3.98. The molecule has 0 amide bonds. The van der Waals surface area contributed by atoms with Crippen LogP contribution in [0.15, 0.2) is 35.7 Å². The van der Waals surface area contributed by atoms with E-state index in [1.165, 1.54) is 23.9 Å². The maximum atomic E-state index is 12.8. The van der Waals surface area contributed by atoms with Gasteiger partial charge in [-0.15, -0.1) is 10.2 Å². The number of halogens is 3. The van der Waals surface area contributed by atoms with Crippen molar-refractivity contribution >= 4 is 11.8 Å². The van der Waals surface area contributed by atoms with Gasteiger partial charge in [0.1, 0.15) is 6.33 Å². The fourth-order valence-electron chi connectivity index (χ4n) is 1.84.